The molecule has 0 saturated carbocycles. The fraction of sp³-hybridized carbons (Fsp3) is 0.364. The van der Waals surface area contributed by atoms with Crippen LogP contribution < -0.4 is 5.32 Å². The Morgan fingerprint density at radius 3 is 2.62 bits per heavy atom. The van der Waals surface area contributed by atoms with Gasteiger partial charge in [0, 0.05) is 18.1 Å². The van der Waals surface area contributed by atoms with Crippen molar-refractivity contribution in [3.8, 4) is 12.3 Å². The molecule has 0 bridgehead atoms. The van der Waals surface area contributed by atoms with Gasteiger partial charge in [0.15, 0.2) is 0 Å². The van der Waals surface area contributed by atoms with Crippen molar-refractivity contribution in [3.63, 3.8) is 0 Å². The molecule has 1 N–H and O–H groups in total. The van der Waals surface area contributed by atoms with Crippen LogP contribution in [0.5, 0.6) is 0 Å². The van der Waals surface area contributed by atoms with Crippen molar-refractivity contribution in [2.24, 2.45) is 0 Å². The summed E-state index contributed by atoms with van der Waals surface area (Å²) in [5.41, 5.74) is 0.749. The van der Waals surface area contributed by atoms with Crippen molar-refractivity contribution >= 4 is 5.69 Å². The van der Waals surface area contributed by atoms with E-state index in [-0.39, 0.29) is 5.54 Å². The normalized spacial score (nSPS) is 14.2. The molecule has 1 rings (SSSR count). The Bertz CT molecular complexity index is 300. The Morgan fingerprint density at radius 2 is 2.15 bits per heavy atom. The SMILES string of the molecule is C#CC(C)(CC)Nc1ccncc1. The van der Waals surface area contributed by atoms with Gasteiger partial charge in [-0.3, -0.25) is 4.98 Å². The molecule has 0 spiro atoms. The van der Waals surface area contributed by atoms with Crippen molar-refractivity contribution in [1.82, 2.24) is 4.98 Å². The topological polar surface area (TPSA) is 24.9 Å². The number of anilines is 1. The molecule has 0 amide bonds. The highest BCUT2D eigenvalue weighted by molar-refractivity contribution is 5.46. The zero-order valence-corrected chi connectivity index (χ0v) is 8.04. The van der Waals surface area contributed by atoms with Crippen molar-refractivity contribution in [2.75, 3.05) is 5.32 Å². The summed E-state index contributed by atoms with van der Waals surface area (Å²) in [6.07, 6.45) is 9.82. The Balaban J connectivity index is 2.75. The van der Waals surface area contributed by atoms with Crippen LogP contribution in [0.15, 0.2) is 24.5 Å². The summed E-state index contributed by atoms with van der Waals surface area (Å²) in [6.45, 7) is 4.07. The van der Waals surface area contributed by atoms with Crippen LogP contribution in [-0.2, 0) is 0 Å². The van der Waals surface area contributed by atoms with Gasteiger partial charge in [-0.1, -0.05) is 12.8 Å². The maximum Gasteiger partial charge on any atom is 0.0953 e. The van der Waals surface area contributed by atoms with Crippen molar-refractivity contribution < 1.29 is 0 Å². The first-order valence-corrected chi connectivity index (χ1v) is 4.36. The van der Waals surface area contributed by atoms with Crippen molar-refractivity contribution in [3.05, 3.63) is 24.5 Å². The van der Waals surface area contributed by atoms with Crippen molar-refractivity contribution in [2.45, 2.75) is 25.8 Å². The number of hydrogen-bond acceptors (Lipinski definition) is 2. The number of rotatable bonds is 3. The van der Waals surface area contributed by atoms with E-state index in [9.17, 15) is 0 Å². The molecule has 0 aromatic carbocycles. The molecule has 0 fully saturated rings. The molecule has 0 aliphatic carbocycles. The molecule has 0 aliphatic rings. The van der Waals surface area contributed by atoms with E-state index in [0.29, 0.717) is 0 Å². The number of hydrogen-bond donors (Lipinski definition) is 1. The second-order valence-corrected chi connectivity index (χ2v) is 3.19. The highest BCUT2D eigenvalue weighted by Gasteiger charge is 2.17. The summed E-state index contributed by atoms with van der Waals surface area (Å²) in [4.78, 5) is 3.94. The monoisotopic (exact) mass is 174 g/mol. The summed E-state index contributed by atoms with van der Waals surface area (Å²) >= 11 is 0. The fourth-order valence-corrected chi connectivity index (χ4v) is 0.980. The summed E-state index contributed by atoms with van der Waals surface area (Å²) in [6, 6.07) is 3.82. The highest BCUT2D eigenvalue weighted by Crippen LogP contribution is 2.16. The molecule has 1 aromatic rings. The van der Waals surface area contributed by atoms with E-state index in [4.69, 9.17) is 6.42 Å². The van der Waals surface area contributed by atoms with Crippen LogP contribution in [0.4, 0.5) is 5.69 Å². The molecule has 1 unspecified atom stereocenters. The Labute approximate surface area is 79.4 Å². The second kappa shape index (κ2) is 3.95. The fourth-order valence-electron chi connectivity index (χ4n) is 0.980. The largest absolute Gasteiger partial charge is 0.369 e. The molecule has 1 heterocycles. The standard InChI is InChI=1S/C11H14N2/c1-4-11(3,5-2)13-10-6-8-12-9-7-10/h1,6-9H,5H2,2-3H3,(H,12,13). The third-order valence-electron chi connectivity index (χ3n) is 2.13. The zero-order chi connectivity index (χ0) is 9.73. The van der Waals surface area contributed by atoms with E-state index in [0.717, 1.165) is 12.1 Å². The first-order valence-electron chi connectivity index (χ1n) is 4.36. The van der Waals surface area contributed by atoms with Crippen LogP contribution in [0.3, 0.4) is 0 Å². The van der Waals surface area contributed by atoms with Crippen LogP contribution in [-0.4, -0.2) is 10.5 Å². The summed E-state index contributed by atoms with van der Waals surface area (Å²) in [5.74, 6) is 2.75. The number of terminal acetylenes is 1. The zero-order valence-electron chi connectivity index (χ0n) is 8.04. The van der Waals surface area contributed by atoms with E-state index in [1.807, 2.05) is 19.1 Å². The summed E-state index contributed by atoms with van der Waals surface area (Å²) < 4.78 is 0. The Kier molecular flexibility index (Phi) is 2.92. The number of aromatic nitrogens is 1. The maximum atomic E-state index is 5.44. The molecular formula is C11H14N2. The van der Waals surface area contributed by atoms with E-state index < -0.39 is 0 Å². The molecule has 0 saturated heterocycles. The minimum absolute atomic E-state index is 0.263. The lowest BCUT2D eigenvalue weighted by Gasteiger charge is -2.24. The number of pyridine rings is 1. The minimum Gasteiger partial charge on any atom is -0.369 e. The van der Waals surface area contributed by atoms with Gasteiger partial charge >= 0.3 is 0 Å². The summed E-state index contributed by atoms with van der Waals surface area (Å²) in [5, 5.41) is 3.28. The van der Waals surface area contributed by atoms with Gasteiger partial charge in [-0.05, 0) is 25.5 Å². The maximum absolute atomic E-state index is 5.44. The van der Waals surface area contributed by atoms with Crippen LogP contribution in [0.1, 0.15) is 20.3 Å². The van der Waals surface area contributed by atoms with Crippen LogP contribution in [0.2, 0.25) is 0 Å². The smallest absolute Gasteiger partial charge is 0.0953 e. The lowest BCUT2D eigenvalue weighted by Crippen LogP contribution is -2.31. The van der Waals surface area contributed by atoms with Crippen LogP contribution in [0, 0.1) is 12.3 Å². The molecule has 1 aromatic heterocycles. The predicted molar refractivity (Wildman–Crippen MR) is 55.4 cm³/mol. The Morgan fingerprint density at radius 1 is 1.54 bits per heavy atom. The van der Waals surface area contributed by atoms with E-state index in [2.05, 4.69) is 23.1 Å². The van der Waals surface area contributed by atoms with E-state index in [1.54, 1.807) is 12.4 Å². The van der Waals surface area contributed by atoms with Gasteiger partial charge in [0.05, 0.1) is 5.54 Å². The van der Waals surface area contributed by atoms with Crippen LogP contribution >= 0.6 is 0 Å². The second-order valence-electron chi connectivity index (χ2n) is 3.19. The van der Waals surface area contributed by atoms with E-state index in [1.165, 1.54) is 0 Å². The van der Waals surface area contributed by atoms with E-state index >= 15 is 0 Å². The average molecular weight is 174 g/mol. The molecule has 0 radical (unpaired) electrons. The number of nitrogens with one attached hydrogen (secondary N) is 1. The Hall–Kier alpha value is -1.49. The van der Waals surface area contributed by atoms with Crippen molar-refractivity contribution in [1.29, 1.82) is 0 Å². The van der Waals surface area contributed by atoms with Gasteiger partial charge in [0.2, 0.25) is 0 Å². The minimum atomic E-state index is -0.263. The van der Waals surface area contributed by atoms with Gasteiger partial charge in [0.1, 0.15) is 0 Å². The van der Waals surface area contributed by atoms with Gasteiger partial charge in [-0.15, -0.1) is 6.42 Å². The third kappa shape index (κ3) is 2.48. The summed E-state index contributed by atoms with van der Waals surface area (Å²) in [7, 11) is 0. The molecule has 13 heavy (non-hydrogen) atoms. The van der Waals surface area contributed by atoms with Gasteiger partial charge < -0.3 is 5.32 Å². The molecule has 1 atom stereocenters. The molecule has 2 heteroatoms. The molecule has 68 valence electrons. The molecule has 0 aliphatic heterocycles. The highest BCUT2D eigenvalue weighted by atomic mass is 15.0. The average Bonchev–Trinajstić information content (AvgIpc) is 2.19. The molecular weight excluding hydrogens is 160 g/mol. The quantitative estimate of drug-likeness (QED) is 0.711. The lowest BCUT2D eigenvalue weighted by molar-refractivity contribution is 0.635. The molecule has 2 nitrogen and oxygen atoms in total. The number of nitrogens with zero attached hydrogens (tertiary/aromatic N) is 1. The first-order chi connectivity index (χ1) is 6.20. The van der Waals surface area contributed by atoms with Gasteiger partial charge in [-0.25, -0.2) is 0 Å². The predicted octanol–water partition coefficient (Wildman–Crippen LogP) is 2.30. The van der Waals surface area contributed by atoms with Gasteiger partial charge in [0.25, 0.3) is 0 Å². The van der Waals surface area contributed by atoms with Gasteiger partial charge in [-0.2, -0.15) is 0 Å². The van der Waals surface area contributed by atoms with Crippen LogP contribution in [0.25, 0.3) is 0 Å². The first kappa shape index (κ1) is 9.60. The third-order valence-corrected chi connectivity index (χ3v) is 2.13. The lowest BCUT2D eigenvalue weighted by atomic mass is 10.00.